The molecule has 0 fully saturated rings. The highest BCUT2D eigenvalue weighted by Gasteiger charge is 2.31. The van der Waals surface area contributed by atoms with Crippen molar-refractivity contribution in [1.29, 1.82) is 0 Å². The van der Waals surface area contributed by atoms with Crippen molar-refractivity contribution < 1.29 is 33.4 Å². The van der Waals surface area contributed by atoms with E-state index in [-0.39, 0.29) is 44.7 Å². The van der Waals surface area contributed by atoms with Gasteiger partial charge in [0.2, 0.25) is 11.8 Å². The van der Waals surface area contributed by atoms with Crippen molar-refractivity contribution in [3.05, 3.63) is 65.7 Å². The van der Waals surface area contributed by atoms with Crippen molar-refractivity contribution in [2.75, 3.05) is 26.8 Å². The number of ether oxygens (including phenoxy) is 3. The summed E-state index contributed by atoms with van der Waals surface area (Å²) in [4.78, 5) is 51.3. The first-order valence-electron chi connectivity index (χ1n) is 12.5. The summed E-state index contributed by atoms with van der Waals surface area (Å²) in [5, 5.41) is 5.23. The molecule has 0 aliphatic rings. The van der Waals surface area contributed by atoms with E-state index in [1.807, 2.05) is 56.3 Å². The van der Waals surface area contributed by atoms with Crippen molar-refractivity contribution in [2.45, 2.75) is 46.4 Å². The summed E-state index contributed by atoms with van der Waals surface area (Å²) in [5.74, 6) is -0.511. The quantitative estimate of drug-likeness (QED) is 0.286. The van der Waals surface area contributed by atoms with Gasteiger partial charge in [-0.1, -0.05) is 56.3 Å². The van der Waals surface area contributed by atoms with E-state index in [9.17, 15) is 19.2 Å². The van der Waals surface area contributed by atoms with E-state index in [0.717, 1.165) is 11.1 Å². The Morgan fingerprint density at radius 2 is 1.58 bits per heavy atom. The number of benzene rings is 2. The van der Waals surface area contributed by atoms with Gasteiger partial charge >= 0.3 is 12.1 Å². The number of amides is 3. The van der Waals surface area contributed by atoms with Gasteiger partial charge in [-0.15, -0.1) is 0 Å². The fourth-order valence-electron chi connectivity index (χ4n) is 3.63. The summed E-state index contributed by atoms with van der Waals surface area (Å²) < 4.78 is 15.3. The summed E-state index contributed by atoms with van der Waals surface area (Å²) in [7, 11) is 1.56. The van der Waals surface area contributed by atoms with Crippen molar-refractivity contribution in [3.8, 4) is 5.75 Å². The molecular weight excluding hydrogens is 490 g/mol. The van der Waals surface area contributed by atoms with Crippen LogP contribution in [-0.2, 0) is 37.0 Å². The maximum atomic E-state index is 13.4. The minimum absolute atomic E-state index is 0.0245. The monoisotopic (exact) mass is 527 g/mol. The summed E-state index contributed by atoms with van der Waals surface area (Å²) in [5.41, 5.74) is 1.60. The number of rotatable bonds is 14. The fourth-order valence-corrected chi connectivity index (χ4v) is 3.63. The second-order valence-electron chi connectivity index (χ2n) is 9.06. The highest BCUT2D eigenvalue weighted by molar-refractivity contribution is 5.89. The number of hydrogen-bond donors (Lipinski definition) is 2. The van der Waals surface area contributed by atoms with E-state index in [2.05, 4.69) is 10.6 Å². The van der Waals surface area contributed by atoms with Gasteiger partial charge in [0.05, 0.1) is 13.7 Å². The molecule has 0 spiro atoms. The Labute approximate surface area is 223 Å². The van der Waals surface area contributed by atoms with E-state index >= 15 is 0 Å². The average molecular weight is 528 g/mol. The van der Waals surface area contributed by atoms with Gasteiger partial charge in [0.15, 0.2) is 0 Å². The first-order valence-corrected chi connectivity index (χ1v) is 12.5. The van der Waals surface area contributed by atoms with Gasteiger partial charge in [-0.3, -0.25) is 14.4 Å². The largest absolute Gasteiger partial charge is 0.497 e. The molecule has 2 N–H and O–H groups in total. The van der Waals surface area contributed by atoms with Gasteiger partial charge in [-0.2, -0.15) is 0 Å². The highest BCUT2D eigenvalue weighted by Crippen LogP contribution is 2.18. The molecule has 0 aliphatic heterocycles. The van der Waals surface area contributed by atoms with Crippen LogP contribution in [0.3, 0.4) is 0 Å². The standard InChI is InChI=1S/C28H37N3O7/c1-20(2)16-25(27(34)29-14-15-37-21(3)32)31(18-22-10-12-24(36-4)13-11-22)26(33)17-30-28(35)38-19-23-8-6-5-7-9-23/h5-13,20,25H,14-19H2,1-4H3,(H,29,34)(H,30,35)/t25-/m0/s1. The second-order valence-corrected chi connectivity index (χ2v) is 9.06. The molecule has 0 unspecified atom stereocenters. The van der Waals surface area contributed by atoms with Crippen LogP contribution >= 0.6 is 0 Å². The third-order valence-electron chi connectivity index (χ3n) is 5.51. The molecule has 1 atom stereocenters. The minimum Gasteiger partial charge on any atom is -0.497 e. The van der Waals surface area contributed by atoms with E-state index in [1.54, 1.807) is 19.2 Å². The van der Waals surface area contributed by atoms with Gasteiger partial charge in [-0.25, -0.2) is 4.79 Å². The topological polar surface area (TPSA) is 123 Å². The van der Waals surface area contributed by atoms with E-state index < -0.39 is 24.0 Å². The first kappa shape index (κ1) is 30.1. The van der Waals surface area contributed by atoms with Crippen LogP contribution in [0.2, 0.25) is 0 Å². The maximum absolute atomic E-state index is 13.4. The number of nitrogens with one attached hydrogen (secondary N) is 2. The number of methoxy groups -OCH3 is 1. The van der Waals surface area contributed by atoms with Crippen molar-refractivity contribution in [3.63, 3.8) is 0 Å². The van der Waals surface area contributed by atoms with E-state index in [0.29, 0.717) is 12.2 Å². The lowest BCUT2D eigenvalue weighted by Gasteiger charge is -2.32. The lowest BCUT2D eigenvalue weighted by Crippen LogP contribution is -2.52. The van der Waals surface area contributed by atoms with Crippen LogP contribution in [0.15, 0.2) is 54.6 Å². The van der Waals surface area contributed by atoms with Gasteiger partial charge in [0, 0.05) is 13.5 Å². The molecule has 0 aliphatic carbocycles. The fraction of sp³-hybridized carbons (Fsp3) is 0.429. The van der Waals surface area contributed by atoms with Gasteiger partial charge in [-0.05, 0) is 35.6 Å². The number of hydrogen-bond acceptors (Lipinski definition) is 7. The Kier molecular flexibility index (Phi) is 12.6. The zero-order valence-electron chi connectivity index (χ0n) is 22.4. The Hall–Kier alpha value is -4.08. The molecule has 0 bridgehead atoms. The number of nitrogens with zero attached hydrogens (tertiary/aromatic N) is 1. The maximum Gasteiger partial charge on any atom is 0.407 e. The summed E-state index contributed by atoms with van der Waals surface area (Å²) >= 11 is 0. The highest BCUT2D eigenvalue weighted by atomic mass is 16.5. The number of carbonyl (C=O) groups is 4. The molecule has 0 aromatic heterocycles. The molecular formula is C28H37N3O7. The second kappa shape index (κ2) is 15.9. The molecule has 0 heterocycles. The summed E-state index contributed by atoms with van der Waals surface area (Å²) in [6.07, 6.45) is -0.349. The van der Waals surface area contributed by atoms with Crippen LogP contribution in [0.25, 0.3) is 0 Å². The van der Waals surface area contributed by atoms with Crippen LogP contribution in [0.1, 0.15) is 38.3 Å². The SMILES string of the molecule is COc1ccc(CN(C(=O)CNC(=O)OCc2ccccc2)[C@@H](CC(C)C)C(=O)NCCOC(C)=O)cc1. The molecule has 3 amide bonds. The number of carbonyl (C=O) groups excluding carboxylic acids is 4. The van der Waals surface area contributed by atoms with Crippen LogP contribution in [0.4, 0.5) is 4.79 Å². The first-order chi connectivity index (χ1) is 18.2. The molecule has 2 aromatic rings. The van der Waals surface area contributed by atoms with Crippen molar-refractivity contribution in [1.82, 2.24) is 15.5 Å². The molecule has 38 heavy (non-hydrogen) atoms. The third kappa shape index (κ3) is 10.9. The predicted molar refractivity (Wildman–Crippen MR) is 141 cm³/mol. The van der Waals surface area contributed by atoms with Crippen LogP contribution in [0.5, 0.6) is 5.75 Å². The minimum atomic E-state index is -0.816. The Bertz CT molecular complexity index is 1040. The van der Waals surface area contributed by atoms with E-state index in [1.165, 1.54) is 11.8 Å². The Balaban J connectivity index is 2.14. The molecule has 206 valence electrons. The molecule has 2 aromatic carbocycles. The molecule has 0 saturated carbocycles. The summed E-state index contributed by atoms with van der Waals surface area (Å²) in [6, 6.07) is 15.5. The van der Waals surface area contributed by atoms with Crippen molar-refractivity contribution in [2.24, 2.45) is 5.92 Å². The van der Waals surface area contributed by atoms with Crippen LogP contribution in [0, 0.1) is 5.92 Å². The van der Waals surface area contributed by atoms with Crippen molar-refractivity contribution >= 4 is 23.9 Å². The normalized spacial score (nSPS) is 11.3. The third-order valence-corrected chi connectivity index (χ3v) is 5.51. The Morgan fingerprint density at radius 3 is 2.18 bits per heavy atom. The zero-order valence-corrected chi connectivity index (χ0v) is 22.4. The van der Waals surface area contributed by atoms with Gasteiger partial charge in [0.25, 0.3) is 0 Å². The molecule has 10 heteroatoms. The van der Waals surface area contributed by atoms with E-state index in [4.69, 9.17) is 14.2 Å². The molecule has 2 rings (SSSR count). The predicted octanol–water partition coefficient (Wildman–Crippen LogP) is 3.04. The average Bonchev–Trinajstić information content (AvgIpc) is 2.91. The molecule has 0 saturated heterocycles. The lowest BCUT2D eigenvalue weighted by atomic mass is 10.0. The van der Waals surface area contributed by atoms with Crippen LogP contribution in [-0.4, -0.2) is 61.6 Å². The van der Waals surface area contributed by atoms with Crippen LogP contribution < -0.4 is 15.4 Å². The zero-order chi connectivity index (χ0) is 27.9. The van der Waals surface area contributed by atoms with Gasteiger partial charge < -0.3 is 29.7 Å². The lowest BCUT2D eigenvalue weighted by molar-refractivity contribution is -0.142. The van der Waals surface area contributed by atoms with Gasteiger partial charge in [0.1, 0.15) is 31.5 Å². The number of esters is 1. The number of alkyl carbamates (subject to hydrolysis) is 1. The Morgan fingerprint density at radius 1 is 0.895 bits per heavy atom. The molecule has 0 radical (unpaired) electrons. The summed E-state index contributed by atoms with van der Waals surface area (Å²) in [6.45, 7) is 5.19. The molecule has 10 nitrogen and oxygen atoms in total. The smallest absolute Gasteiger partial charge is 0.407 e.